The van der Waals surface area contributed by atoms with Crippen molar-refractivity contribution in [2.75, 3.05) is 5.32 Å². The van der Waals surface area contributed by atoms with E-state index in [1.54, 1.807) is 24.3 Å². The second kappa shape index (κ2) is 5.41. The number of nitrogens with one attached hydrogen (secondary N) is 1. The van der Waals surface area contributed by atoms with E-state index in [0.29, 0.717) is 17.0 Å². The maximum atomic E-state index is 12.1. The minimum absolute atomic E-state index is 0.614. The second-order valence-corrected chi connectivity index (χ2v) is 4.85. The second-order valence-electron chi connectivity index (χ2n) is 3.37. The predicted molar refractivity (Wildman–Crippen MR) is 67.2 cm³/mol. The van der Waals surface area contributed by atoms with Crippen molar-refractivity contribution in [3.05, 3.63) is 54.6 Å². The van der Waals surface area contributed by atoms with Crippen LogP contribution in [0.15, 0.2) is 64.4 Å². The summed E-state index contributed by atoms with van der Waals surface area (Å²) in [6, 6.07) is 16.2. The van der Waals surface area contributed by atoms with E-state index in [1.807, 2.05) is 30.3 Å². The zero-order chi connectivity index (χ0) is 12.1. The molecule has 1 amide bonds. The van der Waals surface area contributed by atoms with Crippen LogP contribution >= 0.6 is 0 Å². The van der Waals surface area contributed by atoms with Crippen LogP contribution in [0.1, 0.15) is 0 Å². The van der Waals surface area contributed by atoms with Crippen molar-refractivity contribution in [2.45, 2.75) is 9.79 Å². The molecule has 2 aromatic carbocycles. The topological polar surface area (TPSA) is 46.2 Å². The molecule has 2 rings (SSSR count). The number of rotatable bonds is 4. The van der Waals surface area contributed by atoms with Crippen LogP contribution in [0.2, 0.25) is 0 Å². The monoisotopic (exact) mass is 245 g/mol. The van der Waals surface area contributed by atoms with Crippen LogP contribution < -0.4 is 5.32 Å². The lowest BCUT2D eigenvalue weighted by atomic mass is 10.3. The Hall–Kier alpha value is -1.94. The third-order valence-corrected chi connectivity index (χ3v) is 3.65. The van der Waals surface area contributed by atoms with Gasteiger partial charge in [0.1, 0.15) is 0 Å². The molecule has 3 nitrogen and oxygen atoms in total. The molecule has 0 aromatic heterocycles. The third-order valence-electron chi connectivity index (χ3n) is 2.25. The molecule has 1 unspecified atom stereocenters. The van der Waals surface area contributed by atoms with Gasteiger partial charge in [-0.3, -0.25) is 4.79 Å². The largest absolute Gasteiger partial charge is 0.329 e. The van der Waals surface area contributed by atoms with Crippen LogP contribution in [0.25, 0.3) is 0 Å². The number of carbonyl (C=O) groups excluding carboxylic acids is 1. The first-order chi connectivity index (χ1) is 8.31. The van der Waals surface area contributed by atoms with Crippen LogP contribution in [0.5, 0.6) is 0 Å². The van der Waals surface area contributed by atoms with E-state index in [-0.39, 0.29) is 0 Å². The summed E-state index contributed by atoms with van der Waals surface area (Å²) in [7, 11) is -1.18. The van der Waals surface area contributed by atoms with E-state index in [2.05, 4.69) is 5.32 Å². The molecule has 2 aromatic rings. The van der Waals surface area contributed by atoms with E-state index in [0.717, 1.165) is 4.90 Å². The molecule has 1 N–H and O–H groups in total. The van der Waals surface area contributed by atoms with Gasteiger partial charge in [-0.15, -0.1) is 0 Å². The highest BCUT2D eigenvalue weighted by Crippen LogP contribution is 2.17. The lowest BCUT2D eigenvalue weighted by molar-refractivity contribution is -0.105. The average molecular weight is 245 g/mol. The maximum absolute atomic E-state index is 12.1. The van der Waals surface area contributed by atoms with Gasteiger partial charge in [-0.2, -0.15) is 0 Å². The number of carbonyl (C=O) groups is 1. The van der Waals surface area contributed by atoms with Crippen molar-refractivity contribution in [3.63, 3.8) is 0 Å². The Morgan fingerprint density at radius 3 is 2.06 bits per heavy atom. The Bertz CT molecular complexity index is 523. The van der Waals surface area contributed by atoms with E-state index < -0.39 is 10.8 Å². The molecular formula is C13H11NO2S. The standard InChI is InChI=1S/C13H11NO2S/c15-10-14-11-6-8-13(9-7-11)17(16)12-4-2-1-3-5-12/h1-10H,(H,14,15). The molecule has 17 heavy (non-hydrogen) atoms. The van der Waals surface area contributed by atoms with E-state index >= 15 is 0 Å². The summed E-state index contributed by atoms with van der Waals surface area (Å²) in [5.41, 5.74) is 0.689. The van der Waals surface area contributed by atoms with Gasteiger partial charge in [0.25, 0.3) is 0 Å². The molecule has 0 saturated heterocycles. The normalized spacial score (nSPS) is 11.8. The Labute approximate surface area is 102 Å². The summed E-state index contributed by atoms with van der Waals surface area (Å²) in [5.74, 6) is 0. The van der Waals surface area contributed by atoms with Crippen LogP contribution in [-0.4, -0.2) is 10.6 Å². The Morgan fingerprint density at radius 2 is 1.47 bits per heavy atom. The third kappa shape index (κ3) is 2.79. The first-order valence-electron chi connectivity index (χ1n) is 5.08. The highest BCUT2D eigenvalue weighted by Gasteiger charge is 2.05. The van der Waals surface area contributed by atoms with Gasteiger partial charge in [0, 0.05) is 15.5 Å². The quantitative estimate of drug-likeness (QED) is 0.841. The molecule has 0 spiro atoms. The van der Waals surface area contributed by atoms with Crippen molar-refractivity contribution in [1.82, 2.24) is 0 Å². The lowest BCUT2D eigenvalue weighted by Crippen LogP contribution is -1.95. The number of hydrogen-bond acceptors (Lipinski definition) is 2. The fourth-order valence-electron chi connectivity index (χ4n) is 1.42. The summed E-state index contributed by atoms with van der Waals surface area (Å²) < 4.78 is 12.1. The molecule has 0 aliphatic rings. The fraction of sp³-hybridized carbons (Fsp3) is 0. The minimum Gasteiger partial charge on any atom is -0.329 e. The van der Waals surface area contributed by atoms with Gasteiger partial charge in [-0.1, -0.05) is 18.2 Å². The highest BCUT2D eigenvalue weighted by atomic mass is 32.2. The van der Waals surface area contributed by atoms with Gasteiger partial charge in [-0.25, -0.2) is 4.21 Å². The molecule has 0 fully saturated rings. The van der Waals surface area contributed by atoms with Gasteiger partial charge in [0.15, 0.2) is 0 Å². The van der Waals surface area contributed by atoms with Gasteiger partial charge in [-0.05, 0) is 36.4 Å². The van der Waals surface area contributed by atoms with Crippen molar-refractivity contribution >= 4 is 22.9 Å². The summed E-state index contributed by atoms with van der Waals surface area (Å²) >= 11 is 0. The molecule has 1 atom stereocenters. The molecule has 86 valence electrons. The highest BCUT2D eigenvalue weighted by molar-refractivity contribution is 7.85. The number of hydrogen-bond donors (Lipinski definition) is 1. The van der Waals surface area contributed by atoms with Crippen LogP contribution in [0.3, 0.4) is 0 Å². The zero-order valence-electron chi connectivity index (χ0n) is 9.00. The average Bonchev–Trinajstić information content (AvgIpc) is 2.40. The smallest absolute Gasteiger partial charge is 0.211 e. The lowest BCUT2D eigenvalue weighted by Gasteiger charge is -2.03. The Balaban J connectivity index is 2.23. The predicted octanol–water partition coefficient (Wildman–Crippen LogP) is 2.42. The first-order valence-corrected chi connectivity index (χ1v) is 6.23. The maximum Gasteiger partial charge on any atom is 0.211 e. The molecule has 0 bridgehead atoms. The van der Waals surface area contributed by atoms with Crippen molar-refractivity contribution < 1.29 is 9.00 Å². The first kappa shape index (κ1) is 11.5. The fourth-order valence-corrected chi connectivity index (χ4v) is 2.48. The molecule has 0 heterocycles. The molecule has 0 aliphatic heterocycles. The SMILES string of the molecule is O=CNc1ccc(S(=O)c2ccccc2)cc1. The van der Waals surface area contributed by atoms with Gasteiger partial charge >= 0.3 is 0 Å². The zero-order valence-corrected chi connectivity index (χ0v) is 9.81. The molecule has 0 radical (unpaired) electrons. The van der Waals surface area contributed by atoms with Crippen molar-refractivity contribution in [2.24, 2.45) is 0 Å². The van der Waals surface area contributed by atoms with Gasteiger partial charge in [0.05, 0.1) is 10.8 Å². The van der Waals surface area contributed by atoms with E-state index in [4.69, 9.17) is 0 Å². The Kier molecular flexibility index (Phi) is 3.67. The number of benzene rings is 2. The summed E-state index contributed by atoms with van der Waals surface area (Å²) in [6.45, 7) is 0. The van der Waals surface area contributed by atoms with Crippen LogP contribution in [0, 0.1) is 0 Å². The molecule has 4 heteroatoms. The Morgan fingerprint density at radius 1 is 0.882 bits per heavy atom. The van der Waals surface area contributed by atoms with E-state index in [9.17, 15) is 9.00 Å². The number of amides is 1. The molecule has 0 aliphatic carbocycles. The van der Waals surface area contributed by atoms with Gasteiger partial charge in [0.2, 0.25) is 6.41 Å². The minimum atomic E-state index is -1.18. The molecular weight excluding hydrogens is 234 g/mol. The molecule has 0 saturated carbocycles. The van der Waals surface area contributed by atoms with Gasteiger partial charge < -0.3 is 5.32 Å². The van der Waals surface area contributed by atoms with E-state index in [1.165, 1.54) is 0 Å². The van der Waals surface area contributed by atoms with Crippen LogP contribution in [-0.2, 0) is 15.6 Å². The van der Waals surface area contributed by atoms with Crippen molar-refractivity contribution in [3.8, 4) is 0 Å². The summed E-state index contributed by atoms with van der Waals surface area (Å²) in [4.78, 5) is 11.7. The van der Waals surface area contributed by atoms with Crippen LogP contribution in [0.4, 0.5) is 5.69 Å². The summed E-state index contributed by atoms with van der Waals surface area (Å²) in [6.07, 6.45) is 0.614. The number of anilines is 1. The van der Waals surface area contributed by atoms with Crippen molar-refractivity contribution in [1.29, 1.82) is 0 Å². The summed E-state index contributed by atoms with van der Waals surface area (Å²) in [5, 5.41) is 2.53.